The van der Waals surface area contributed by atoms with Crippen LogP contribution in [0, 0.1) is 5.82 Å². The number of phenols is 1. The molecule has 6 nitrogen and oxygen atoms in total. The zero-order chi connectivity index (χ0) is 18.3. The van der Waals surface area contributed by atoms with E-state index in [-0.39, 0.29) is 11.6 Å². The van der Waals surface area contributed by atoms with Crippen molar-refractivity contribution in [2.45, 2.75) is 25.0 Å². The second kappa shape index (κ2) is 6.40. The number of fused-ring (bicyclic) bond motifs is 2. The first-order chi connectivity index (χ1) is 12.6. The molecule has 2 atom stereocenters. The lowest BCUT2D eigenvalue weighted by Crippen LogP contribution is -2.53. The first-order valence-corrected chi connectivity index (χ1v) is 8.45. The minimum atomic E-state index is -0.856. The van der Waals surface area contributed by atoms with E-state index >= 15 is 0 Å². The van der Waals surface area contributed by atoms with Gasteiger partial charge in [-0.3, -0.25) is 9.98 Å². The molecule has 1 N–H and O–H groups in total. The molecule has 0 bridgehead atoms. The van der Waals surface area contributed by atoms with Gasteiger partial charge >= 0.3 is 5.97 Å². The van der Waals surface area contributed by atoms with E-state index < -0.39 is 18.2 Å². The van der Waals surface area contributed by atoms with Crippen LogP contribution in [0.2, 0.25) is 0 Å². The fourth-order valence-electron chi connectivity index (χ4n) is 3.58. The lowest BCUT2D eigenvalue weighted by Gasteiger charge is -2.38. The number of methoxy groups -OCH3 is 1. The number of aryl methyl sites for hydroxylation is 1. The van der Waals surface area contributed by atoms with Gasteiger partial charge in [0.15, 0.2) is 12.2 Å². The van der Waals surface area contributed by atoms with E-state index in [2.05, 4.69) is 9.98 Å². The van der Waals surface area contributed by atoms with Gasteiger partial charge in [-0.1, -0.05) is 6.07 Å². The van der Waals surface area contributed by atoms with Gasteiger partial charge in [0.1, 0.15) is 16.9 Å². The highest BCUT2D eigenvalue weighted by Crippen LogP contribution is 2.31. The summed E-state index contributed by atoms with van der Waals surface area (Å²) in [5.74, 6) is -0.777. The smallest absolute Gasteiger partial charge is 0.334 e. The van der Waals surface area contributed by atoms with E-state index in [1.54, 1.807) is 18.2 Å². The summed E-state index contributed by atoms with van der Waals surface area (Å²) in [6, 6.07) is 8.65. The fourth-order valence-corrected chi connectivity index (χ4v) is 3.58. The average molecular weight is 355 g/mol. The molecule has 0 spiro atoms. The van der Waals surface area contributed by atoms with E-state index in [1.165, 1.54) is 25.3 Å². The monoisotopic (exact) mass is 355 g/mol. The van der Waals surface area contributed by atoms with Crippen molar-refractivity contribution in [1.82, 2.24) is 0 Å². The predicted octanol–water partition coefficient (Wildman–Crippen LogP) is 1.10. The molecule has 2 aromatic rings. The molecule has 2 heterocycles. The van der Waals surface area contributed by atoms with Crippen molar-refractivity contribution in [3.63, 3.8) is 0 Å². The number of carbonyl (C=O) groups is 1. The van der Waals surface area contributed by atoms with Crippen LogP contribution >= 0.6 is 0 Å². The molecule has 2 aliphatic rings. The number of halogens is 1. The molecule has 0 radical (unpaired) electrons. The number of phenolic OH excluding ortho intramolecular Hbond substituents is 1. The number of benzene rings is 2. The Morgan fingerprint density at radius 2 is 2.15 bits per heavy atom. The highest BCUT2D eigenvalue weighted by molar-refractivity contribution is 5.78. The molecular weight excluding hydrogens is 337 g/mol. The molecule has 0 aliphatic carbocycles. The largest absolute Gasteiger partial charge is 0.506 e. The Balaban J connectivity index is 1.87. The lowest BCUT2D eigenvalue weighted by molar-refractivity contribution is -0.142. The van der Waals surface area contributed by atoms with Gasteiger partial charge in [0.05, 0.1) is 12.5 Å². The molecule has 0 fully saturated rings. The Morgan fingerprint density at radius 1 is 1.31 bits per heavy atom. The fraction of sp³-hybridized carbons (Fsp3) is 0.316. The van der Waals surface area contributed by atoms with Crippen LogP contribution in [0.4, 0.5) is 10.1 Å². The Kier molecular flexibility index (Phi) is 4.06. The number of ether oxygens (including phenoxy) is 1. The van der Waals surface area contributed by atoms with E-state index in [9.17, 15) is 14.3 Å². The molecule has 134 valence electrons. The van der Waals surface area contributed by atoms with Crippen LogP contribution in [-0.4, -0.2) is 36.9 Å². The third kappa shape index (κ3) is 2.69. The third-order valence-electron chi connectivity index (χ3n) is 4.77. The molecule has 4 rings (SSSR count). The summed E-state index contributed by atoms with van der Waals surface area (Å²) in [5, 5.41) is 11.0. The maximum absolute atomic E-state index is 13.6. The number of rotatable bonds is 2. The first-order valence-electron chi connectivity index (χ1n) is 8.45. The highest BCUT2D eigenvalue weighted by atomic mass is 19.1. The second-order valence-electron chi connectivity index (χ2n) is 6.35. The van der Waals surface area contributed by atoms with E-state index in [4.69, 9.17) is 4.74 Å². The summed E-state index contributed by atoms with van der Waals surface area (Å²) in [4.78, 5) is 23.4. The molecule has 7 heteroatoms. The number of nitrogens with zero attached hydrogens (tertiary/aromatic N) is 3. The standard InChI is InChI=1S/C19H18FN3O3/c1-26-19(25)17-18(22-16-13(21-17)5-2-6-15(16)24)23-9-3-4-11-10-12(20)7-8-14(11)23/h2,5-8,10,17-18,24H,3-4,9H2,1H3. The van der Waals surface area contributed by atoms with Crippen molar-refractivity contribution in [2.75, 3.05) is 18.6 Å². The molecule has 0 saturated carbocycles. The maximum atomic E-state index is 13.6. The summed E-state index contributed by atoms with van der Waals surface area (Å²) >= 11 is 0. The van der Waals surface area contributed by atoms with Crippen molar-refractivity contribution >= 4 is 11.7 Å². The van der Waals surface area contributed by atoms with Gasteiger partial charge in [-0.25, -0.2) is 9.18 Å². The lowest BCUT2D eigenvalue weighted by atomic mass is 9.99. The van der Waals surface area contributed by atoms with Crippen LogP contribution < -0.4 is 15.6 Å². The zero-order valence-corrected chi connectivity index (χ0v) is 14.2. The van der Waals surface area contributed by atoms with Gasteiger partial charge < -0.3 is 14.7 Å². The predicted molar refractivity (Wildman–Crippen MR) is 92.1 cm³/mol. The normalized spacial score (nSPS) is 21.1. The number of carbonyl (C=O) groups excluding carboxylic acids is 1. The van der Waals surface area contributed by atoms with Gasteiger partial charge in [-0.2, -0.15) is 0 Å². The van der Waals surface area contributed by atoms with Crippen molar-refractivity contribution in [2.24, 2.45) is 9.98 Å². The molecule has 2 aromatic carbocycles. The van der Waals surface area contributed by atoms with Gasteiger partial charge in [0, 0.05) is 12.2 Å². The van der Waals surface area contributed by atoms with Crippen LogP contribution in [0.15, 0.2) is 46.4 Å². The Morgan fingerprint density at radius 3 is 2.96 bits per heavy atom. The number of hydrogen-bond acceptors (Lipinski definition) is 6. The van der Waals surface area contributed by atoms with E-state index in [0.717, 1.165) is 24.1 Å². The van der Waals surface area contributed by atoms with Crippen molar-refractivity contribution in [3.05, 3.63) is 58.5 Å². The third-order valence-corrected chi connectivity index (χ3v) is 4.77. The number of para-hydroxylation sites is 1. The zero-order valence-electron chi connectivity index (χ0n) is 14.2. The number of esters is 1. The van der Waals surface area contributed by atoms with Crippen molar-refractivity contribution in [3.8, 4) is 5.75 Å². The Hall–Kier alpha value is -2.96. The summed E-state index contributed by atoms with van der Waals surface area (Å²) < 4.78 is 18.5. The van der Waals surface area contributed by atoms with Crippen molar-refractivity contribution in [1.29, 1.82) is 0 Å². The van der Waals surface area contributed by atoms with Gasteiger partial charge in [0.2, 0.25) is 0 Å². The number of anilines is 1. The minimum absolute atomic E-state index is 0.0101. The van der Waals surface area contributed by atoms with Crippen LogP contribution in [0.1, 0.15) is 12.0 Å². The van der Waals surface area contributed by atoms with Crippen LogP contribution in [0.5, 0.6) is 5.75 Å². The molecular formula is C19H18FN3O3. The summed E-state index contributed by atoms with van der Waals surface area (Å²) in [6.07, 6.45) is 0.912. The van der Waals surface area contributed by atoms with Crippen LogP contribution in [-0.2, 0) is 16.0 Å². The summed E-state index contributed by atoms with van der Waals surface area (Å²) in [6.45, 7) is 0.652. The maximum Gasteiger partial charge on any atom is 0.334 e. The SMILES string of the molecule is COC(=O)C1N=c2cccc(O)c2=NC1N1CCCc2cc(F)ccc21. The van der Waals surface area contributed by atoms with Gasteiger partial charge in [-0.15, -0.1) is 0 Å². The number of aromatic hydroxyl groups is 1. The van der Waals surface area contributed by atoms with Crippen LogP contribution in [0.3, 0.4) is 0 Å². The molecule has 0 amide bonds. The van der Waals surface area contributed by atoms with Gasteiger partial charge in [0.25, 0.3) is 0 Å². The molecule has 2 unspecified atom stereocenters. The van der Waals surface area contributed by atoms with Crippen molar-refractivity contribution < 1.29 is 19.0 Å². The Labute approximate surface area is 149 Å². The molecule has 26 heavy (non-hydrogen) atoms. The quantitative estimate of drug-likeness (QED) is 0.819. The van der Waals surface area contributed by atoms with E-state index in [0.29, 0.717) is 17.3 Å². The number of hydrogen-bond donors (Lipinski definition) is 1. The topological polar surface area (TPSA) is 74.5 Å². The minimum Gasteiger partial charge on any atom is -0.506 e. The molecule has 0 saturated heterocycles. The van der Waals surface area contributed by atoms with Gasteiger partial charge in [-0.05, 0) is 48.7 Å². The average Bonchev–Trinajstić information content (AvgIpc) is 2.66. The summed E-state index contributed by atoms with van der Waals surface area (Å²) in [5.41, 5.74) is 1.70. The Bertz CT molecular complexity index is 992. The molecule has 0 aromatic heterocycles. The highest BCUT2D eigenvalue weighted by Gasteiger charge is 2.37. The first kappa shape index (κ1) is 16.5. The van der Waals surface area contributed by atoms with E-state index in [1.807, 2.05) is 4.90 Å². The summed E-state index contributed by atoms with van der Waals surface area (Å²) in [7, 11) is 1.31. The van der Waals surface area contributed by atoms with Crippen LogP contribution in [0.25, 0.3) is 0 Å². The second-order valence-corrected chi connectivity index (χ2v) is 6.35. The molecule has 2 aliphatic heterocycles.